The lowest BCUT2D eigenvalue weighted by atomic mass is 10.1. The molecule has 5 nitrogen and oxygen atoms in total. The average molecular weight is 396 g/mol. The Bertz CT molecular complexity index is 900. The number of anilines is 2. The standard InChI is InChI=1S/C19H22F2N2O3S/c1-3-14-6-9-16(10-7-14)23(27(2,25)26)12-4-5-19(24)22-18-11-8-15(20)13-17(18)21/h6-11,13H,3-5,12H2,1-2H3,(H,22,24). The zero-order chi connectivity index (χ0) is 20.0. The van der Waals surface area contributed by atoms with E-state index in [1.807, 2.05) is 19.1 Å². The summed E-state index contributed by atoms with van der Waals surface area (Å²) < 4.78 is 51.8. The van der Waals surface area contributed by atoms with Gasteiger partial charge in [0.2, 0.25) is 15.9 Å². The highest BCUT2D eigenvalue weighted by Crippen LogP contribution is 2.20. The van der Waals surface area contributed by atoms with Crippen LogP contribution in [0.3, 0.4) is 0 Å². The molecular weight excluding hydrogens is 374 g/mol. The lowest BCUT2D eigenvalue weighted by molar-refractivity contribution is -0.116. The minimum atomic E-state index is -3.51. The number of hydrogen-bond donors (Lipinski definition) is 1. The van der Waals surface area contributed by atoms with Gasteiger partial charge in [-0.25, -0.2) is 17.2 Å². The van der Waals surface area contributed by atoms with Crippen LogP contribution in [0.4, 0.5) is 20.2 Å². The molecule has 0 saturated carbocycles. The van der Waals surface area contributed by atoms with Gasteiger partial charge in [-0.2, -0.15) is 0 Å². The first-order valence-corrected chi connectivity index (χ1v) is 10.4. The van der Waals surface area contributed by atoms with Crippen LogP contribution in [0.25, 0.3) is 0 Å². The number of rotatable bonds is 8. The van der Waals surface area contributed by atoms with E-state index in [0.717, 1.165) is 30.4 Å². The van der Waals surface area contributed by atoms with Gasteiger partial charge >= 0.3 is 0 Å². The summed E-state index contributed by atoms with van der Waals surface area (Å²) in [6.07, 6.45) is 2.20. The van der Waals surface area contributed by atoms with Gasteiger partial charge in [-0.1, -0.05) is 19.1 Å². The number of nitrogens with zero attached hydrogens (tertiary/aromatic N) is 1. The van der Waals surface area contributed by atoms with Crippen molar-refractivity contribution in [1.82, 2.24) is 0 Å². The molecule has 0 aliphatic carbocycles. The molecule has 2 rings (SSSR count). The van der Waals surface area contributed by atoms with Gasteiger partial charge in [0.15, 0.2) is 0 Å². The third kappa shape index (κ3) is 6.02. The third-order valence-corrected chi connectivity index (χ3v) is 5.20. The molecular formula is C19H22F2N2O3S. The van der Waals surface area contributed by atoms with E-state index < -0.39 is 27.6 Å². The molecule has 2 aromatic carbocycles. The number of halogens is 2. The fraction of sp³-hybridized carbons (Fsp3) is 0.316. The van der Waals surface area contributed by atoms with Gasteiger partial charge in [-0.15, -0.1) is 0 Å². The number of nitrogens with one attached hydrogen (secondary N) is 1. The summed E-state index contributed by atoms with van der Waals surface area (Å²) in [4.78, 5) is 12.0. The maximum atomic E-state index is 13.6. The van der Waals surface area contributed by atoms with Crippen molar-refractivity contribution in [3.8, 4) is 0 Å². The second kappa shape index (κ2) is 8.94. The number of hydrogen-bond acceptors (Lipinski definition) is 3. The van der Waals surface area contributed by atoms with Crippen molar-refractivity contribution in [3.05, 3.63) is 59.7 Å². The van der Waals surface area contributed by atoms with E-state index in [4.69, 9.17) is 0 Å². The normalized spacial score (nSPS) is 11.3. The monoisotopic (exact) mass is 396 g/mol. The quantitative estimate of drug-likeness (QED) is 0.740. The van der Waals surface area contributed by atoms with Crippen LogP contribution in [-0.4, -0.2) is 27.1 Å². The molecule has 8 heteroatoms. The molecule has 0 atom stereocenters. The van der Waals surface area contributed by atoms with Gasteiger partial charge in [0.1, 0.15) is 11.6 Å². The Morgan fingerprint density at radius 2 is 1.78 bits per heavy atom. The second-order valence-corrected chi connectivity index (χ2v) is 8.04. The summed E-state index contributed by atoms with van der Waals surface area (Å²) in [5.74, 6) is -2.07. The topological polar surface area (TPSA) is 66.5 Å². The van der Waals surface area contributed by atoms with E-state index in [9.17, 15) is 22.0 Å². The number of benzene rings is 2. The van der Waals surface area contributed by atoms with Crippen LogP contribution >= 0.6 is 0 Å². The van der Waals surface area contributed by atoms with E-state index in [-0.39, 0.29) is 25.1 Å². The number of carbonyl (C=O) groups excluding carboxylic acids is 1. The fourth-order valence-electron chi connectivity index (χ4n) is 2.57. The highest BCUT2D eigenvalue weighted by Gasteiger charge is 2.18. The maximum absolute atomic E-state index is 13.6. The fourth-order valence-corrected chi connectivity index (χ4v) is 3.54. The van der Waals surface area contributed by atoms with E-state index in [2.05, 4.69) is 5.32 Å². The molecule has 0 saturated heterocycles. The average Bonchev–Trinajstić information content (AvgIpc) is 2.60. The van der Waals surface area contributed by atoms with Crippen molar-refractivity contribution in [2.45, 2.75) is 26.2 Å². The molecule has 0 radical (unpaired) electrons. The lowest BCUT2D eigenvalue weighted by Crippen LogP contribution is -2.31. The predicted molar refractivity (Wildman–Crippen MR) is 102 cm³/mol. The van der Waals surface area contributed by atoms with Crippen LogP contribution < -0.4 is 9.62 Å². The van der Waals surface area contributed by atoms with Gasteiger partial charge in [0.05, 0.1) is 17.6 Å². The van der Waals surface area contributed by atoms with Crippen LogP contribution in [0.2, 0.25) is 0 Å². The van der Waals surface area contributed by atoms with Crippen molar-refractivity contribution in [3.63, 3.8) is 0 Å². The molecule has 0 aliphatic rings. The summed E-state index contributed by atoms with van der Waals surface area (Å²) >= 11 is 0. The summed E-state index contributed by atoms with van der Waals surface area (Å²) in [6.45, 7) is 2.12. The SMILES string of the molecule is CCc1ccc(N(CCCC(=O)Nc2ccc(F)cc2F)S(C)(=O)=O)cc1. The Kier molecular flexibility index (Phi) is 6.90. The minimum Gasteiger partial charge on any atom is -0.324 e. The van der Waals surface area contributed by atoms with Crippen LogP contribution in [0.1, 0.15) is 25.3 Å². The lowest BCUT2D eigenvalue weighted by Gasteiger charge is -2.22. The highest BCUT2D eigenvalue weighted by molar-refractivity contribution is 7.92. The Hall–Kier alpha value is -2.48. The van der Waals surface area contributed by atoms with E-state index in [1.165, 1.54) is 4.31 Å². The van der Waals surface area contributed by atoms with Crippen LogP contribution in [-0.2, 0) is 21.2 Å². The van der Waals surface area contributed by atoms with Crippen molar-refractivity contribution in [2.24, 2.45) is 0 Å². The first-order chi connectivity index (χ1) is 12.7. The molecule has 0 spiro atoms. The summed E-state index contributed by atoms with van der Waals surface area (Å²) in [7, 11) is -3.51. The molecule has 0 bridgehead atoms. The Morgan fingerprint density at radius 3 is 2.33 bits per heavy atom. The Balaban J connectivity index is 1.97. The summed E-state index contributed by atoms with van der Waals surface area (Å²) in [5, 5.41) is 2.36. The highest BCUT2D eigenvalue weighted by atomic mass is 32.2. The Morgan fingerprint density at radius 1 is 1.11 bits per heavy atom. The molecule has 0 unspecified atom stereocenters. The molecule has 1 N–H and O–H groups in total. The first kappa shape index (κ1) is 20.8. The zero-order valence-corrected chi connectivity index (χ0v) is 16.0. The molecule has 27 heavy (non-hydrogen) atoms. The number of aryl methyl sites for hydroxylation is 1. The van der Waals surface area contributed by atoms with E-state index in [1.54, 1.807) is 12.1 Å². The second-order valence-electron chi connectivity index (χ2n) is 6.13. The minimum absolute atomic E-state index is 0.00409. The number of carbonyl (C=O) groups is 1. The van der Waals surface area contributed by atoms with E-state index in [0.29, 0.717) is 11.8 Å². The van der Waals surface area contributed by atoms with Gasteiger partial charge in [-0.3, -0.25) is 9.10 Å². The molecule has 0 aliphatic heterocycles. The molecule has 0 heterocycles. The molecule has 0 fully saturated rings. The van der Waals surface area contributed by atoms with Crippen LogP contribution in [0.15, 0.2) is 42.5 Å². The first-order valence-electron chi connectivity index (χ1n) is 8.52. The van der Waals surface area contributed by atoms with Crippen LogP contribution in [0, 0.1) is 11.6 Å². The van der Waals surface area contributed by atoms with Crippen LogP contribution in [0.5, 0.6) is 0 Å². The van der Waals surface area contributed by atoms with Crippen molar-refractivity contribution >= 4 is 27.3 Å². The molecule has 0 aromatic heterocycles. The number of amides is 1. The third-order valence-electron chi connectivity index (χ3n) is 4.00. The predicted octanol–water partition coefficient (Wildman–Crippen LogP) is 3.71. The maximum Gasteiger partial charge on any atom is 0.232 e. The van der Waals surface area contributed by atoms with Gasteiger partial charge < -0.3 is 5.32 Å². The molecule has 146 valence electrons. The zero-order valence-electron chi connectivity index (χ0n) is 15.2. The molecule has 2 aromatic rings. The summed E-state index contributed by atoms with van der Waals surface area (Å²) in [6, 6.07) is 10.0. The Labute approximate surface area is 158 Å². The number of sulfonamides is 1. The smallest absolute Gasteiger partial charge is 0.232 e. The van der Waals surface area contributed by atoms with Crippen molar-refractivity contribution in [2.75, 3.05) is 22.4 Å². The summed E-state index contributed by atoms with van der Waals surface area (Å²) in [5.41, 5.74) is 1.50. The molecule has 1 amide bonds. The van der Waals surface area contributed by atoms with E-state index >= 15 is 0 Å². The van der Waals surface area contributed by atoms with Crippen molar-refractivity contribution < 1.29 is 22.0 Å². The van der Waals surface area contributed by atoms with Crippen molar-refractivity contribution in [1.29, 1.82) is 0 Å². The van der Waals surface area contributed by atoms with Gasteiger partial charge in [-0.05, 0) is 42.7 Å². The largest absolute Gasteiger partial charge is 0.324 e. The van der Waals surface area contributed by atoms with Gasteiger partial charge in [0, 0.05) is 19.0 Å². The van der Waals surface area contributed by atoms with Gasteiger partial charge in [0.25, 0.3) is 0 Å².